The van der Waals surface area contributed by atoms with Crippen molar-refractivity contribution in [3.8, 4) is 16.9 Å². The maximum atomic E-state index is 12.5. The van der Waals surface area contributed by atoms with E-state index in [1.54, 1.807) is 16.9 Å². The van der Waals surface area contributed by atoms with Gasteiger partial charge >= 0.3 is 0 Å². The van der Waals surface area contributed by atoms with Crippen LogP contribution in [0, 0.1) is 13.8 Å². The normalized spacial score (nSPS) is 10.6. The van der Waals surface area contributed by atoms with Gasteiger partial charge in [-0.1, -0.05) is 60.2 Å². The Morgan fingerprint density at radius 2 is 1.67 bits per heavy atom. The minimum Gasteiger partial charge on any atom is -0.471 e. The second-order valence-corrected chi connectivity index (χ2v) is 7.18. The van der Waals surface area contributed by atoms with Crippen LogP contribution in [0.3, 0.4) is 0 Å². The van der Waals surface area contributed by atoms with Crippen LogP contribution in [0.1, 0.15) is 21.6 Å². The van der Waals surface area contributed by atoms with Gasteiger partial charge in [0.15, 0.2) is 12.4 Å². The number of hydrogen-bond donors (Lipinski definition) is 1. The topological polar surface area (TPSA) is 56.1 Å². The van der Waals surface area contributed by atoms with Crippen LogP contribution in [0.25, 0.3) is 11.1 Å². The molecule has 0 aliphatic heterocycles. The van der Waals surface area contributed by atoms with Crippen molar-refractivity contribution in [1.82, 2.24) is 9.78 Å². The standard InChI is InChI=1S/C25H23N3O2/c1-18-8-13-24(19(2)16-18)30-17-28-15-14-23(27-28)25(29)26-22-11-9-21(10-12-22)20-6-4-3-5-7-20/h3-16H,17H2,1-2H3,(H,26,29). The quantitative estimate of drug-likeness (QED) is 0.470. The van der Waals surface area contributed by atoms with Gasteiger partial charge < -0.3 is 10.1 Å². The summed E-state index contributed by atoms with van der Waals surface area (Å²) in [5.74, 6) is 0.549. The SMILES string of the molecule is Cc1ccc(OCn2ccc(C(=O)Nc3ccc(-c4ccccc4)cc3)n2)c(C)c1. The van der Waals surface area contributed by atoms with Crippen molar-refractivity contribution in [2.75, 3.05) is 5.32 Å². The summed E-state index contributed by atoms with van der Waals surface area (Å²) in [5.41, 5.74) is 5.56. The summed E-state index contributed by atoms with van der Waals surface area (Å²) in [6.07, 6.45) is 1.73. The number of benzene rings is 3. The molecule has 1 aromatic heterocycles. The van der Waals surface area contributed by atoms with Crippen LogP contribution < -0.4 is 10.1 Å². The number of aromatic nitrogens is 2. The number of amides is 1. The molecule has 0 fully saturated rings. The van der Waals surface area contributed by atoms with E-state index in [4.69, 9.17) is 4.74 Å². The Bertz CT molecular complexity index is 1150. The fourth-order valence-corrected chi connectivity index (χ4v) is 3.22. The molecular weight excluding hydrogens is 374 g/mol. The van der Waals surface area contributed by atoms with E-state index < -0.39 is 0 Å². The largest absolute Gasteiger partial charge is 0.471 e. The van der Waals surface area contributed by atoms with Crippen LogP contribution in [0.15, 0.2) is 85.1 Å². The van der Waals surface area contributed by atoms with Gasteiger partial charge in [-0.2, -0.15) is 5.10 Å². The summed E-state index contributed by atoms with van der Waals surface area (Å²) in [6.45, 7) is 4.29. The highest BCUT2D eigenvalue weighted by atomic mass is 16.5. The summed E-state index contributed by atoms with van der Waals surface area (Å²) >= 11 is 0. The molecule has 0 radical (unpaired) electrons. The number of aryl methyl sites for hydroxylation is 2. The molecule has 1 N–H and O–H groups in total. The molecule has 0 aliphatic carbocycles. The Hall–Kier alpha value is -3.86. The van der Waals surface area contributed by atoms with Gasteiger partial charge in [0.25, 0.3) is 5.91 Å². The predicted octanol–water partition coefficient (Wildman–Crippen LogP) is 5.46. The Labute approximate surface area is 175 Å². The van der Waals surface area contributed by atoms with Gasteiger partial charge in [0.05, 0.1) is 0 Å². The molecule has 0 aliphatic rings. The first kappa shape index (κ1) is 19.5. The number of anilines is 1. The first-order valence-electron chi connectivity index (χ1n) is 9.79. The number of nitrogens with zero attached hydrogens (tertiary/aromatic N) is 2. The van der Waals surface area contributed by atoms with E-state index in [9.17, 15) is 4.79 Å². The fraction of sp³-hybridized carbons (Fsp3) is 0.120. The lowest BCUT2D eigenvalue weighted by atomic mass is 10.1. The monoisotopic (exact) mass is 397 g/mol. The Balaban J connectivity index is 1.37. The van der Waals surface area contributed by atoms with Crippen molar-refractivity contribution < 1.29 is 9.53 Å². The maximum Gasteiger partial charge on any atom is 0.276 e. The molecule has 5 heteroatoms. The van der Waals surface area contributed by atoms with Crippen LogP contribution in [-0.2, 0) is 6.73 Å². The lowest BCUT2D eigenvalue weighted by Crippen LogP contribution is -2.14. The Morgan fingerprint density at radius 3 is 2.40 bits per heavy atom. The molecule has 1 heterocycles. The number of nitrogens with one attached hydrogen (secondary N) is 1. The minimum absolute atomic E-state index is 0.239. The molecule has 150 valence electrons. The van der Waals surface area contributed by atoms with E-state index in [1.165, 1.54) is 5.56 Å². The maximum absolute atomic E-state index is 12.5. The summed E-state index contributed by atoms with van der Waals surface area (Å²) < 4.78 is 7.42. The van der Waals surface area contributed by atoms with Gasteiger partial charge in [-0.25, -0.2) is 4.68 Å². The van der Waals surface area contributed by atoms with Crippen LogP contribution >= 0.6 is 0 Å². The van der Waals surface area contributed by atoms with Crippen molar-refractivity contribution in [1.29, 1.82) is 0 Å². The zero-order chi connectivity index (χ0) is 20.9. The zero-order valence-electron chi connectivity index (χ0n) is 17.0. The van der Waals surface area contributed by atoms with E-state index in [2.05, 4.69) is 28.6 Å². The fourth-order valence-electron chi connectivity index (χ4n) is 3.22. The molecule has 30 heavy (non-hydrogen) atoms. The molecule has 4 rings (SSSR count). The first-order valence-corrected chi connectivity index (χ1v) is 9.79. The molecule has 0 spiro atoms. The van der Waals surface area contributed by atoms with Crippen molar-refractivity contribution in [3.05, 3.63) is 102 Å². The minimum atomic E-state index is -0.257. The van der Waals surface area contributed by atoms with Crippen LogP contribution in [0.5, 0.6) is 5.75 Å². The number of ether oxygens (including phenoxy) is 1. The van der Waals surface area contributed by atoms with Crippen LogP contribution in [0.2, 0.25) is 0 Å². The third kappa shape index (κ3) is 4.58. The Kier molecular flexibility index (Phi) is 5.61. The second-order valence-electron chi connectivity index (χ2n) is 7.18. The van der Waals surface area contributed by atoms with E-state index in [0.717, 1.165) is 28.1 Å². The van der Waals surface area contributed by atoms with E-state index in [-0.39, 0.29) is 12.6 Å². The summed E-state index contributed by atoms with van der Waals surface area (Å²) in [5, 5.41) is 7.20. The smallest absolute Gasteiger partial charge is 0.276 e. The highest BCUT2D eigenvalue weighted by Gasteiger charge is 2.10. The number of carbonyl (C=O) groups excluding carboxylic acids is 1. The lowest BCUT2D eigenvalue weighted by Gasteiger charge is -2.09. The second kappa shape index (κ2) is 8.66. The molecular formula is C25H23N3O2. The molecule has 1 amide bonds. The Morgan fingerprint density at radius 1 is 0.933 bits per heavy atom. The number of hydrogen-bond acceptors (Lipinski definition) is 3. The van der Waals surface area contributed by atoms with E-state index in [1.807, 2.05) is 68.4 Å². The van der Waals surface area contributed by atoms with Crippen molar-refractivity contribution in [2.45, 2.75) is 20.6 Å². The van der Waals surface area contributed by atoms with Crippen LogP contribution in [-0.4, -0.2) is 15.7 Å². The highest BCUT2D eigenvalue weighted by molar-refractivity contribution is 6.02. The van der Waals surface area contributed by atoms with Gasteiger partial charge in [0, 0.05) is 11.9 Å². The average molecular weight is 397 g/mol. The predicted molar refractivity (Wildman–Crippen MR) is 119 cm³/mol. The van der Waals surface area contributed by atoms with Gasteiger partial charge in [0.1, 0.15) is 5.75 Å². The summed E-state index contributed by atoms with van der Waals surface area (Å²) in [6, 6.07) is 25.6. The summed E-state index contributed by atoms with van der Waals surface area (Å²) in [4.78, 5) is 12.5. The third-order valence-corrected chi connectivity index (χ3v) is 4.81. The van der Waals surface area contributed by atoms with Crippen molar-refractivity contribution in [2.24, 2.45) is 0 Å². The molecule has 0 unspecified atom stereocenters. The molecule has 0 saturated carbocycles. The van der Waals surface area contributed by atoms with Gasteiger partial charge in [-0.05, 0) is 54.8 Å². The van der Waals surface area contributed by atoms with E-state index >= 15 is 0 Å². The molecule has 3 aromatic carbocycles. The molecule has 4 aromatic rings. The van der Waals surface area contributed by atoms with E-state index in [0.29, 0.717) is 5.69 Å². The average Bonchev–Trinajstić information content (AvgIpc) is 3.24. The highest BCUT2D eigenvalue weighted by Crippen LogP contribution is 2.21. The molecule has 0 saturated heterocycles. The van der Waals surface area contributed by atoms with Crippen molar-refractivity contribution in [3.63, 3.8) is 0 Å². The van der Waals surface area contributed by atoms with Gasteiger partial charge in [-0.15, -0.1) is 0 Å². The molecule has 0 atom stereocenters. The van der Waals surface area contributed by atoms with Gasteiger partial charge in [-0.3, -0.25) is 4.79 Å². The van der Waals surface area contributed by atoms with Crippen molar-refractivity contribution >= 4 is 11.6 Å². The summed E-state index contributed by atoms with van der Waals surface area (Å²) in [7, 11) is 0. The molecule has 5 nitrogen and oxygen atoms in total. The number of carbonyl (C=O) groups is 1. The third-order valence-electron chi connectivity index (χ3n) is 4.81. The molecule has 0 bridgehead atoms. The first-order chi connectivity index (χ1) is 14.6. The zero-order valence-corrected chi connectivity index (χ0v) is 17.0. The lowest BCUT2D eigenvalue weighted by molar-refractivity contribution is 0.102. The van der Waals surface area contributed by atoms with Crippen LogP contribution in [0.4, 0.5) is 5.69 Å². The number of rotatable bonds is 6. The van der Waals surface area contributed by atoms with Gasteiger partial charge in [0.2, 0.25) is 0 Å².